The first-order chi connectivity index (χ1) is 12.6. The van der Waals surface area contributed by atoms with E-state index in [2.05, 4.69) is 31.3 Å². The maximum atomic E-state index is 13.2. The number of aryl methyl sites for hydroxylation is 1. The summed E-state index contributed by atoms with van der Waals surface area (Å²) in [6.07, 6.45) is 2.57. The quantitative estimate of drug-likeness (QED) is 0.769. The van der Waals surface area contributed by atoms with Crippen LogP contribution in [-0.4, -0.2) is 37.6 Å². The van der Waals surface area contributed by atoms with E-state index in [1.54, 1.807) is 33.0 Å². The number of hydrogen-bond donors (Lipinski definition) is 1. The van der Waals surface area contributed by atoms with Gasteiger partial charge in [0.05, 0.1) is 12.9 Å². The second-order valence-corrected chi connectivity index (χ2v) is 7.71. The fraction of sp³-hybridized carbons (Fsp3) is 0.412. The monoisotopic (exact) mass is 441 g/mol. The number of rotatable bonds is 5. The van der Waals surface area contributed by atoms with Gasteiger partial charge in [-0.1, -0.05) is 0 Å². The molecular formula is C17H21BrFN5O3. The highest BCUT2D eigenvalue weighted by atomic mass is 79.9. The van der Waals surface area contributed by atoms with E-state index in [1.807, 2.05) is 6.92 Å². The van der Waals surface area contributed by atoms with Gasteiger partial charge in [-0.15, -0.1) is 0 Å². The van der Waals surface area contributed by atoms with Crippen LogP contribution in [0.2, 0.25) is 0 Å². The van der Waals surface area contributed by atoms with Gasteiger partial charge in [0, 0.05) is 17.2 Å². The Hall–Kier alpha value is -2.49. The van der Waals surface area contributed by atoms with Crippen LogP contribution in [0.3, 0.4) is 0 Å². The maximum absolute atomic E-state index is 13.2. The number of carbonyl (C=O) groups is 1. The highest BCUT2D eigenvalue weighted by molar-refractivity contribution is 9.10. The number of nitrogens with zero attached hydrogens (tertiary/aromatic N) is 4. The summed E-state index contributed by atoms with van der Waals surface area (Å²) < 4.78 is 21.4. The van der Waals surface area contributed by atoms with Gasteiger partial charge in [-0.2, -0.15) is 5.10 Å². The number of pyridine rings is 1. The van der Waals surface area contributed by atoms with Gasteiger partial charge in [-0.3, -0.25) is 0 Å². The van der Waals surface area contributed by atoms with Crippen LogP contribution in [0.4, 0.5) is 9.18 Å². The summed E-state index contributed by atoms with van der Waals surface area (Å²) in [5, 5.41) is 6.43. The summed E-state index contributed by atoms with van der Waals surface area (Å²) in [4.78, 5) is 28.3. The minimum absolute atomic E-state index is 0.111. The number of amides is 1. The molecule has 1 amide bonds. The van der Waals surface area contributed by atoms with Crippen LogP contribution in [0.1, 0.15) is 26.3 Å². The molecule has 0 aliphatic rings. The zero-order chi connectivity index (χ0) is 20.2. The lowest BCUT2D eigenvalue weighted by molar-refractivity contribution is 0.0532. The summed E-state index contributed by atoms with van der Waals surface area (Å²) in [5.74, 6) is 0.407. The Bertz CT molecular complexity index is 914. The Morgan fingerprint density at radius 2 is 2.15 bits per heavy atom. The van der Waals surface area contributed by atoms with E-state index in [4.69, 9.17) is 4.74 Å². The molecule has 2 heterocycles. The predicted octanol–water partition coefficient (Wildman–Crippen LogP) is 2.88. The van der Waals surface area contributed by atoms with Crippen LogP contribution in [0, 0.1) is 6.92 Å². The van der Waals surface area contributed by atoms with Crippen LogP contribution in [0.15, 0.2) is 39.8 Å². The Morgan fingerprint density at radius 1 is 1.44 bits per heavy atom. The third-order valence-electron chi connectivity index (χ3n) is 3.38. The molecule has 2 rings (SSSR count). The first-order valence-corrected chi connectivity index (χ1v) is 8.92. The molecule has 0 atom stereocenters. The number of ether oxygens (including phenoxy) is 1. The van der Waals surface area contributed by atoms with Crippen molar-refractivity contribution in [3.63, 3.8) is 0 Å². The fourth-order valence-corrected chi connectivity index (χ4v) is 2.30. The van der Waals surface area contributed by atoms with Gasteiger partial charge in [-0.05, 0) is 60.8 Å². The van der Waals surface area contributed by atoms with Gasteiger partial charge < -0.3 is 10.1 Å². The van der Waals surface area contributed by atoms with Crippen LogP contribution in [0.25, 0.3) is 5.82 Å². The van der Waals surface area contributed by atoms with Crippen molar-refractivity contribution < 1.29 is 13.9 Å². The van der Waals surface area contributed by atoms with Crippen LogP contribution < -0.4 is 11.0 Å². The lowest BCUT2D eigenvalue weighted by Crippen LogP contribution is -2.34. The second-order valence-electron chi connectivity index (χ2n) is 6.86. The van der Waals surface area contributed by atoms with E-state index in [-0.39, 0.29) is 18.7 Å². The minimum atomic E-state index is -0.672. The molecule has 0 saturated carbocycles. The van der Waals surface area contributed by atoms with Gasteiger partial charge in [0.15, 0.2) is 0 Å². The highest BCUT2D eigenvalue weighted by Crippen LogP contribution is 2.16. The third kappa shape index (κ3) is 5.75. The molecule has 0 aliphatic carbocycles. The van der Waals surface area contributed by atoms with Gasteiger partial charge in [0.2, 0.25) is 0 Å². The average Bonchev–Trinajstić information content (AvgIpc) is 2.93. The third-order valence-corrected chi connectivity index (χ3v) is 4.21. The van der Waals surface area contributed by atoms with Gasteiger partial charge >= 0.3 is 11.8 Å². The van der Waals surface area contributed by atoms with Crippen molar-refractivity contribution >= 4 is 22.0 Å². The van der Waals surface area contributed by atoms with Crippen molar-refractivity contribution in [2.75, 3.05) is 6.54 Å². The largest absolute Gasteiger partial charge is 0.444 e. The van der Waals surface area contributed by atoms with Gasteiger partial charge in [-0.25, -0.2) is 28.2 Å². The average molecular weight is 442 g/mol. The molecule has 0 radical (unpaired) electrons. The van der Waals surface area contributed by atoms with Crippen molar-refractivity contribution in [1.82, 2.24) is 24.6 Å². The van der Waals surface area contributed by atoms with Crippen LogP contribution >= 0.6 is 15.9 Å². The molecule has 0 aromatic carbocycles. The standard InChI is InChI=1S/C17H21BrFN5O3/c1-11-5-14(20-8-13(11)18)23-10-22-24(16(23)26)9-12(6-19)7-21-15(25)27-17(2,3)4/h5-6,8,10H,7,9H2,1-4H3,(H,21,25). The topological polar surface area (TPSA) is 91.0 Å². The van der Waals surface area contributed by atoms with E-state index in [0.717, 1.165) is 14.7 Å². The first kappa shape index (κ1) is 20.8. The van der Waals surface area contributed by atoms with E-state index in [1.165, 1.54) is 10.9 Å². The van der Waals surface area contributed by atoms with Gasteiger partial charge in [0.1, 0.15) is 17.7 Å². The molecule has 0 fully saturated rings. The number of carbonyl (C=O) groups excluding carboxylic acids is 1. The Morgan fingerprint density at radius 3 is 2.74 bits per heavy atom. The first-order valence-electron chi connectivity index (χ1n) is 8.12. The molecule has 0 unspecified atom stereocenters. The van der Waals surface area contributed by atoms with Crippen molar-refractivity contribution in [3.05, 3.63) is 51.0 Å². The molecule has 8 nitrogen and oxygen atoms in total. The molecule has 10 heteroatoms. The molecule has 146 valence electrons. The van der Waals surface area contributed by atoms with E-state index < -0.39 is 17.4 Å². The highest BCUT2D eigenvalue weighted by Gasteiger charge is 2.17. The lowest BCUT2D eigenvalue weighted by atomic mass is 10.2. The molecule has 0 bridgehead atoms. The Balaban J connectivity index is 2.08. The summed E-state index contributed by atoms with van der Waals surface area (Å²) in [5.41, 5.74) is -0.0607. The summed E-state index contributed by atoms with van der Waals surface area (Å²) >= 11 is 3.35. The molecule has 2 aromatic rings. The van der Waals surface area contributed by atoms with E-state index >= 15 is 0 Å². The van der Waals surface area contributed by atoms with Crippen LogP contribution in [-0.2, 0) is 11.3 Å². The number of aromatic nitrogens is 4. The van der Waals surface area contributed by atoms with Crippen molar-refractivity contribution in [2.45, 2.75) is 39.8 Å². The normalized spacial score (nSPS) is 12.1. The predicted molar refractivity (Wildman–Crippen MR) is 101 cm³/mol. The van der Waals surface area contributed by atoms with Crippen molar-refractivity contribution in [1.29, 1.82) is 0 Å². The number of nitrogens with one attached hydrogen (secondary N) is 1. The molecule has 1 N–H and O–H groups in total. The Kier molecular flexibility index (Phi) is 6.53. The molecular weight excluding hydrogens is 421 g/mol. The summed E-state index contributed by atoms with van der Waals surface area (Å²) in [7, 11) is 0. The number of alkyl carbamates (subject to hydrolysis) is 1. The lowest BCUT2D eigenvalue weighted by Gasteiger charge is -2.19. The zero-order valence-corrected chi connectivity index (χ0v) is 17.1. The molecule has 0 spiro atoms. The molecule has 0 saturated heterocycles. The summed E-state index contributed by atoms with van der Waals surface area (Å²) in [6, 6.07) is 1.73. The second kappa shape index (κ2) is 8.47. The Labute approximate surface area is 164 Å². The van der Waals surface area contributed by atoms with Crippen LogP contribution in [0.5, 0.6) is 0 Å². The number of halogens is 2. The zero-order valence-electron chi connectivity index (χ0n) is 15.5. The fourth-order valence-electron chi connectivity index (χ4n) is 2.08. The maximum Gasteiger partial charge on any atom is 0.407 e. The molecule has 2 aromatic heterocycles. The molecule has 0 aliphatic heterocycles. The van der Waals surface area contributed by atoms with E-state index in [9.17, 15) is 14.0 Å². The van der Waals surface area contributed by atoms with Gasteiger partial charge in [0.25, 0.3) is 0 Å². The van der Waals surface area contributed by atoms with Crippen molar-refractivity contribution in [3.8, 4) is 5.82 Å². The van der Waals surface area contributed by atoms with E-state index in [0.29, 0.717) is 12.1 Å². The molecule has 27 heavy (non-hydrogen) atoms. The smallest absolute Gasteiger partial charge is 0.407 e. The SMILES string of the molecule is Cc1cc(-n2cnn(CC(=CF)CNC(=O)OC(C)(C)C)c2=O)ncc1Br. The summed E-state index contributed by atoms with van der Waals surface area (Å²) in [6.45, 7) is 6.82. The number of hydrogen-bond acceptors (Lipinski definition) is 5. The van der Waals surface area contributed by atoms with Crippen molar-refractivity contribution in [2.24, 2.45) is 0 Å². The minimum Gasteiger partial charge on any atom is -0.444 e.